The van der Waals surface area contributed by atoms with Crippen LogP contribution in [0.2, 0.25) is 5.02 Å². The Bertz CT molecular complexity index is 883. The molecule has 0 saturated carbocycles. The minimum Gasteiger partial charge on any atom is -0.378 e. The predicted octanol–water partition coefficient (Wildman–Crippen LogP) is 2.40. The summed E-state index contributed by atoms with van der Waals surface area (Å²) in [6.45, 7) is 2.66. The van der Waals surface area contributed by atoms with Crippen LogP contribution in [0.3, 0.4) is 0 Å². The van der Waals surface area contributed by atoms with Gasteiger partial charge in [-0.3, -0.25) is 4.79 Å². The van der Waals surface area contributed by atoms with Gasteiger partial charge in [0.2, 0.25) is 0 Å². The summed E-state index contributed by atoms with van der Waals surface area (Å²) in [6.07, 6.45) is 0. The highest BCUT2D eigenvalue weighted by molar-refractivity contribution is 7.23. The third-order valence-electron chi connectivity index (χ3n) is 3.60. The van der Waals surface area contributed by atoms with Gasteiger partial charge in [-0.05, 0) is 12.1 Å². The van der Waals surface area contributed by atoms with Crippen molar-refractivity contribution in [3.8, 4) is 0 Å². The van der Waals surface area contributed by atoms with Crippen molar-refractivity contribution >= 4 is 43.9 Å². The van der Waals surface area contributed by atoms with Crippen LogP contribution in [-0.4, -0.2) is 35.7 Å². The van der Waals surface area contributed by atoms with Crippen molar-refractivity contribution in [1.82, 2.24) is 9.38 Å². The molecule has 1 saturated heterocycles. The molecule has 1 aromatic carbocycles. The van der Waals surface area contributed by atoms with E-state index < -0.39 is 0 Å². The van der Waals surface area contributed by atoms with Crippen molar-refractivity contribution in [3.05, 3.63) is 39.6 Å². The van der Waals surface area contributed by atoms with Crippen LogP contribution in [0.5, 0.6) is 0 Å². The van der Waals surface area contributed by atoms with Crippen LogP contribution in [-0.2, 0) is 4.74 Å². The lowest BCUT2D eigenvalue weighted by Gasteiger charge is -2.28. The summed E-state index contributed by atoms with van der Waals surface area (Å²) < 4.78 is 7.95. The lowest BCUT2D eigenvalue weighted by molar-refractivity contribution is 0.122. The van der Waals surface area contributed by atoms with Gasteiger partial charge < -0.3 is 9.64 Å². The van der Waals surface area contributed by atoms with E-state index in [1.165, 1.54) is 11.3 Å². The minimum absolute atomic E-state index is 0.179. The van der Waals surface area contributed by atoms with Gasteiger partial charge in [0, 0.05) is 13.1 Å². The number of hydrogen-bond acceptors (Lipinski definition) is 5. The van der Waals surface area contributed by atoms with Crippen molar-refractivity contribution in [1.29, 1.82) is 0 Å². The Hall–Kier alpha value is -1.63. The van der Waals surface area contributed by atoms with E-state index in [9.17, 15) is 4.79 Å². The van der Waals surface area contributed by atoms with Crippen LogP contribution < -0.4 is 10.5 Å². The number of ether oxygens (including phenoxy) is 1. The molecule has 1 aliphatic heterocycles. The summed E-state index contributed by atoms with van der Waals surface area (Å²) >= 11 is 7.79. The van der Waals surface area contributed by atoms with Gasteiger partial charge >= 0.3 is 0 Å². The van der Waals surface area contributed by atoms with E-state index in [0.29, 0.717) is 37.1 Å². The van der Waals surface area contributed by atoms with E-state index in [1.807, 2.05) is 29.2 Å². The molecule has 0 unspecified atom stereocenters. The van der Waals surface area contributed by atoms with Crippen LogP contribution in [0.15, 0.2) is 29.1 Å². The van der Waals surface area contributed by atoms with Gasteiger partial charge in [0.25, 0.3) is 5.56 Å². The molecule has 0 radical (unpaired) electrons. The molecule has 1 fully saturated rings. The molecule has 0 bridgehead atoms. The predicted molar refractivity (Wildman–Crippen MR) is 84.9 cm³/mol. The van der Waals surface area contributed by atoms with E-state index in [4.69, 9.17) is 16.3 Å². The first kappa shape index (κ1) is 13.1. The number of fused-ring (bicyclic) bond motifs is 3. The number of anilines is 1. The zero-order valence-corrected chi connectivity index (χ0v) is 12.7. The second-order valence-corrected chi connectivity index (χ2v) is 6.23. The zero-order chi connectivity index (χ0) is 14.4. The number of hydrogen-bond donors (Lipinski definition) is 0. The maximum Gasteiger partial charge on any atom is 0.280 e. The zero-order valence-electron chi connectivity index (χ0n) is 11.1. The number of nitrogens with zero attached hydrogens (tertiary/aromatic N) is 3. The first-order chi connectivity index (χ1) is 10.3. The maximum absolute atomic E-state index is 12.6. The van der Waals surface area contributed by atoms with Crippen LogP contribution >= 0.6 is 22.9 Å². The van der Waals surface area contributed by atoms with E-state index in [0.717, 1.165) is 10.2 Å². The summed E-state index contributed by atoms with van der Waals surface area (Å²) in [6, 6.07) is 7.75. The highest BCUT2D eigenvalue weighted by Crippen LogP contribution is 2.28. The smallest absolute Gasteiger partial charge is 0.280 e. The van der Waals surface area contributed by atoms with E-state index in [2.05, 4.69) is 4.98 Å². The Morgan fingerprint density at radius 3 is 2.81 bits per heavy atom. The fourth-order valence-corrected chi connectivity index (χ4v) is 3.82. The number of benzene rings is 1. The molecule has 7 heteroatoms. The molecular weight excluding hydrogens is 310 g/mol. The van der Waals surface area contributed by atoms with Crippen molar-refractivity contribution < 1.29 is 4.74 Å². The monoisotopic (exact) mass is 321 g/mol. The standard InChI is InChI=1S/C14H12ClN3O2S/c15-11-12(17-5-7-20-8-6-17)16-14-18(13(11)19)9-3-1-2-4-10(9)21-14/h1-4H,5-8H2. The topological polar surface area (TPSA) is 46.8 Å². The highest BCUT2D eigenvalue weighted by atomic mass is 35.5. The largest absolute Gasteiger partial charge is 0.378 e. The lowest BCUT2D eigenvalue weighted by Crippen LogP contribution is -2.38. The molecule has 3 heterocycles. The molecule has 0 atom stereocenters. The molecule has 0 aliphatic carbocycles. The molecule has 3 aromatic rings. The van der Waals surface area contributed by atoms with Crippen molar-refractivity contribution in [2.24, 2.45) is 0 Å². The second kappa shape index (κ2) is 4.98. The fourth-order valence-electron chi connectivity index (χ4n) is 2.56. The van der Waals surface area contributed by atoms with Crippen LogP contribution in [0.1, 0.15) is 0 Å². The molecule has 1 aliphatic rings. The van der Waals surface area contributed by atoms with E-state index in [-0.39, 0.29) is 10.6 Å². The third kappa shape index (κ3) is 2.02. The first-order valence-electron chi connectivity index (χ1n) is 6.68. The normalized spacial score (nSPS) is 16.0. The Labute approximate surface area is 129 Å². The van der Waals surface area contributed by atoms with E-state index in [1.54, 1.807) is 4.40 Å². The van der Waals surface area contributed by atoms with Gasteiger partial charge in [-0.15, -0.1) is 0 Å². The van der Waals surface area contributed by atoms with Crippen molar-refractivity contribution in [2.45, 2.75) is 0 Å². The number of morpholine rings is 1. The number of halogens is 1. The van der Waals surface area contributed by atoms with Crippen molar-refractivity contribution in [2.75, 3.05) is 31.2 Å². The van der Waals surface area contributed by atoms with Gasteiger partial charge in [0.05, 0.1) is 23.4 Å². The van der Waals surface area contributed by atoms with Gasteiger partial charge in [-0.25, -0.2) is 9.38 Å². The van der Waals surface area contributed by atoms with Gasteiger partial charge in [0.15, 0.2) is 10.8 Å². The molecule has 21 heavy (non-hydrogen) atoms. The molecule has 108 valence electrons. The van der Waals surface area contributed by atoms with Gasteiger partial charge in [0.1, 0.15) is 5.02 Å². The summed E-state index contributed by atoms with van der Waals surface area (Å²) in [5.74, 6) is 0.566. The van der Waals surface area contributed by atoms with Gasteiger partial charge in [-0.2, -0.15) is 0 Å². The number of thiazole rings is 1. The molecule has 0 N–H and O–H groups in total. The quantitative estimate of drug-likeness (QED) is 0.690. The van der Waals surface area contributed by atoms with Crippen molar-refractivity contribution in [3.63, 3.8) is 0 Å². The molecular formula is C14H12ClN3O2S. The number of para-hydroxylation sites is 1. The summed E-state index contributed by atoms with van der Waals surface area (Å²) in [4.78, 5) is 19.9. The van der Waals surface area contributed by atoms with Crippen LogP contribution in [0.4, 0.5) is 5.82 Å². The molecule has 0 amide bonds. The Balaban J connectivity index is 2.00. The summed E-state index contributed by atoms with van der Waals surface area (Å²) in [5.41, 5.74) is 0.644. The summed E-state index contributed by atoms with van der Waals surface area (Å²) in [5, 5.41) is 0.179. The Kier molecular flexibility index (Phi) is 3.10. The fraction of sp³-hybridized carbons (Fsp3) is 0.286. The molecule has 4 rings (SSSR count). The van der Waals surface area contributed by atoms with Gasteiger partial charge in [-0.1, -0.05) is 35.1 Å². The molecule has 5 nitrogen and oxygen atoms in total. The average Bonchev–Trinajstić information content (AvgIpc) is 2.90. The SMILES string of the molecule is O=c1c(Cl)c(N2CCOCC2)nc2sc3ccccc3n12. The third-order valence-corrected chi connectivity index (χ3v) is 4.95. The maximum atomic E-state index is 12.6. The first-order valence-corrected chi connectivity index (χ1v) is 7.87. The lowest BCUT2D eigenvalue weighted by atomic mass is 10.3. The number of rotatable bonds is 1. The highest BCUT2D eigenvalue weighted by Gasteiger charge is 2.21. The van der Waals surface area contributed by atoms with E-state index >= 15 is 0 Å². The average molecular weight is 322 g/mol. The molecule has 2 aromatic heterocycles. The Morgan fingerprint density at radius 2 is 2.00 bits per heavy atom. The second-order valence-electron chi connectivity index (χ2n) is 4.84. The van der Waals surface area contributed by atoms with Crippen LogP contribution in [0.25, 0.3) is 15.2 Å². The molecule has 0 spiro atoms. The number of aromatic nitrogens is 2. The minimum atomic E-state index is -0.208. The summed E-state index contributed by atoms with van der Waals surface area (Å²) in [7, 11) is 0. The van der Waals surface area contributed by atoms with Crippen LogP contribution in [0, 0.1) is 0 Å². The Morgan fingerprint density at radius 1 is 1.24 bits per heavy atom.